The summed E-state index contributed by atoms with van der Waals surface area (Å²) < 4.78 is 0. The quantitative estimate of drug-likeness (QED) is 0.396. The van der Waals surface area contributed by atoms with Gasteiger partial charge in [0, 0.05) is 18.1 Å². The number of nitrogens with two attached hydrogens (primary N) is 2. The summed E-state index contributed by atoms with van der Waals surface area (Å²) in [5.41, 5.74) is 9.74. The minimum atomic E-state index is -0.202. The van der Waals surface area contributed by atoms with Gasteiger partial charge in [0.2, 0.25) is 0 Å². The molecular weight excluding hydrogens is 296 g/mol. The Morgan fingerprint density at radius 1 is 1.09 bits per heavy atom. The molecule has 1 unspecified atom stereocenters. The van der Waals surface area contributed by atoms with Crippen LogP contribution in [0.4, 0.5) is 0 Å². The van der Waals surface area contributed by atoms with Gasteiger partial charge >= 0.3 is 0 Å². The van der Waals surface area contributed by atoms with Crippen molar-refractivity contribution in [1.82, 2.24) is 4.90 Å². The SMILES string of the molecule is N/N=C(\N)C(c1ccccc1Cl)N1CCc2ccccc2C1. The molecule has 114 valence electrons. The Balaban J connectivity index is 1.97. The van der Waals surface area contributed by atoms with Gasteiger partial charge in [-0.2, -0.15) is 5.10 Å². The number of nitrogens with zero attached hydrogens (tertiary/aromatic N) is 2. The van der Waals surface area contributed by atoms with E-state index in [1.54, 1.807) is 0 Å². The molecule has 3 rings (SSSR count). The highest BCUT2D eigenvalue weighted by Gasteiger charge is 2.28. The van der Waals surface area contributed by atoms with Crippen LogP contribution in [-0.2, 0) is 13.0 Å². The lowest BCUT2D eigenvalue weighted by Gasteiger charge is -2.35. The monoisotopic (exact) mass is 314 g/mol. The fourth-order valence-electron chi connectivity index (χ4n) is 3.05. The van der Waals surface area contributed by atoms with Gasteiger partial charge in [0.05, 0.1) is 6.04 Å². The second kappa shape index (κ2) is 6.38. The Hall–Kier alpha value is -2.04. The van der Waals surface area contributed by atoms with E-state index in [-0.39, 0.29) is 6.04 Å². The van der Waals surface area contributed by atoms with Crippen molar-refractivity contribution in [3.05, 3.63) is 70.2 Å². The molecule has 0 spiro atoms. The number of benzene rings is 2. The zero-order valence-corrected chi connectivity index (χ0v) is 13.0. The topological polar surface area (TPSA) is 67.6 Å². The van der Waals surface area contributed by atoms with Gasteiger partial charge in [-0.05, 0) is 29.2 Å². The zero-order valence-electron chi connectivity index (χ0n) is 12.2. The number of hydrogen-bond donors (Lipinski definition) is 2. The number of amidine groups is 1. The summed E-state index contributed by atoms with van der Waals surface area (Å²) in [5.74, 6) is 5.84. The fraction of sp³-hybridized carbons (Fsp3) is 0.235. The van der Waals surface area contributed by atoms with Crippen molar-refractivity contribution < 1.29 is 0 Å². The predicted octanol–water partition coefficient (Wildman–Crippen LogP) is 2.67. The van der Waals surface area contributed by atoms with E-state index in [4.69, 9.17) is 23.2 Å². The molecule has 5 heteroatoms. The first kappa shape index (κ1) is 14.9. The number of hydrogen-bond acceptors (Lipinski definition) is 3. The third-order valence-corrected chi connectivity index (χ3v) is 4.50. The third-order valence-electron chi connectivity index (χ3n) is 4.15. The van der Waals surface area contributed by atoms with E-state index in [2.05, 4.69) is 34.3 Å². The molecule has 4 N–H and O–H groups in total. The largest absolute Gasteiger partial charge is 0.384 e. The van der Waals surface area contributed by atoms with Gasteiger partial charge < -0.3 is 11.6 Å². The Bertz CT molecular complexity index is 699. The van der Waals surface area contributed by atoms with Crippen LogP contribution in [0.3, 0.4) is 0 Å². The molecule has 4 nitrogen and oxygen atoms in total. The first-order chi connectivity index (χ1) is 10.7. The second-order valence-corrected chi connectivity index (χ2v) is 5.87. The number of halogens is 1. The summed E-state index contributed by atoms with van der Waals surface area (Å²) in [6, 6.07) is 16.0. The van der Waals surface area contributed by atoms with Gasteiger partial charge in [-0.25, -0.2) is 0 Å². The van der Waals surface area contributed by atoms with Gasteiger partial charge in [0.1, 0.15) is 5.84 Å². The van der Waals surface area contributed by atoms with Crippen molar-refractivity contribution in [1.29, 1.82) is 0 Å². The number of fused-ring (bicyclic) bond motifs is 1. The van der Waals surface area contributed by atoms with E-state index in [1.165, 1.54) is 11.1 Å². The van der Waals surface area contributed by atoms with Crippen LogP contribution in [0.5, 0.6) is 0 Å². The maximum atomic E-state index is 6.36. The second-order valence-electron chi connectivity index (χ2n) is 5.47. The average molecular weight is 315 g/mol. The Labute approximate surface area is 135 Å². The molecule has 0 fully saturated rings. The average Bonchev–Trinajstić information content (AvgIpc) is 2.56. The standard InChI is InChI=1S/C17H19ClN4/c18-15-8-4-3-7-14(15)16(17(19)21-20)22-10-9-12-5-1-2-6-13(12)11-22/h1-8,16H,9-11,20H2,(H2,19,21). The van der Waals surface area contributed by atoms with Gasteiger partial charge in [-0.15, -0.1) is 0 Å². The van der Waals surface area contributed by atoms with E-state index in [0.717, 1.165) is 25.1 Å². The summed E-state index contributed by atoms with van der Waals surface area (Å²) >= 11 is 6.36. The molecular formula is C17H19ClN4. The van der Waals surface area contributed by atoms with Crippen LogP contribution >= 0.6 is 11.6 Å². The van der Waals surface area contributed by atoms with Crippen molar-refractivity contribution >= 4 is 17.4 Å². The smallest absolute Gasteiger partial charge is 0.141 e. The molecule has 0 saturated carbocycles. The van der Waals surface area contributed by atoms with Crippen LogP contribution in [0.25, 0.3) is 0 Å². The normalized spacial score (nSPS) is 17.0. The van der Waals surface area contributed by atoms with Gasteiger partial charge in [-0.1, -0.05) is 54.1 Å². The lowest BCUT2D eigenvalue weighted by atomic mass is 9.96. The van der Waals surface area contributed by atoms with Gasteiger partial charge in [0.25, 0.3) is 0 Å². The van der Waals surface area contributed by atoms with Crippen molar-refractivity contribution in [2.45, 2.75) is 19.0 Å². The third kappa shape index (κ3) is 2.80. The number of hydrazone groups is 1. The summed E-state index contributed by atoms with van der Waals surface area (Å²) in [6.07, 6.45) is 0.981. The van der Waals surface area contributed by atoms with Gasteiger partial charge in [0.15, 0.2) is 0 Å². The first-order valence-corrected chi connectivity index (χ1v) is 7.67. The molecule has 0 saturated heterocycles. The fourth-order valence-corrected chi connectivity index (χ4v) is 3.29. The molecule has 2 aromatic rings. The Morgan fingerprint density at radius 3 is 2.50 bits per heavy atom. The van der Waals surface area contributed by atoms with E-state index >= 15 is 0 Å². The molecule has 1 atom stereocenters. The Morgan fingerprint density at radius 2 is 1.77 bits per heavy atom. The first-order valence-electron chi connectivity index (χ1n) is 7.29. The molecule has 0 amide bonds. The summed E-state index contributed by atoms with van der Waals surface area (Å²) in [6.45, 7) is 1.70. The lowest BCUT2D eigenvalue weighted by molar-refractivity contribution is 0.223. The highest BCUT2D eigenvalue weighted by atomic mass is 35.5. The molecule has 0 aromatic heterocycles. The highest BCUT2D eigenvalue weighted by molar-refractivity contribution is 6.31. The van der Waals surface area contributed by atoms with Gasteiger partial charge in [-0.3, -0.25) is 4.90 Å². The van der Waals surface area contributed by atoms with E-state index < -0.39 is 0 Å². The van der Waals surface area contributed by atoms with Crippen LogP contribution in [0, 0.1) is 0 Å². The highest BCUT2D eigenvalue weighted by Crippen LogP contribution is 2.31. The van der Waals surface area contributed by atoms with E-state index in [9.17, 15) is 0 Å². The molecule has 1 aliphatic rings. The summed E-state index contributed by atoms with van der Waals surface area (Å²) in [5, 5.41) is 4.41. The molecule has 0 bridgehead atoms. The molecule has 0 aliphatic carbocycles. The van der Waals surface area contributed by atoms with E-state index in [0.29, 0.717) is 10.9 Å². The molecule has 2 aromatic carbocycles. The predicted molar refractivity (Wildman–Crippen MR) is 90.6 cm³/mol. The molecule has 0 radical (unpaired) electrons. The molecule has 22 heavy (non-hydrogen) atoms. The summed E-state index contributed by atoms with van der Waals surface area (Å²) in [4.78, 5) is 2.27. The van der Waals surface area contributed by atoms with Crippen molar-refractivity contribution in [2.24, 2.45) is 16.7 Å². The molecule has 1 aliphatic heterocycles. The van der Waals surface area contributed by atoms with Crippen LogP contribution < -0.4 is 11.6 Å². The van der Waals surface area contributed by atoms with Crippen LogP contribution in [0.1, 0.15) is 22.7 Å². The van der Waals surface area contributed by atoms with Crippen LogP contribution in [0.15, 0.2) is 53.6 Å². The maximum absolute atomic E-state index is 6.36. The Kier molecular flexibility index (Phi) is 4.32. The minimum Gasteiger partial charge on any atom is -0.384 e. The lowest BCUT2D eigenvalue weighted by Crippen LogP contribution is -2.41. The van der Waals surface area contributed by atoms with Crippen LogP contribution in [-0.4, -0.2) is 17.3 Å². The molecule has 1 heterocycles. The van der Waals surface area contributed by atoms with Crippen molar-refractivity contribution in [3.8, 4) is 0 Å². The zero-order chi connectivity index (χ0) is 15.5. The van der Waals surface area contributed by atoms with Crippen molar-refractivity contribution in [3.63, 3.8) is 0 Å². The number of rotatable bonds is 3. The summed E-state index contributed by atoms with van der Waals surface area (Å²) in [7, 11) is 0. The maximum Gasteiger partial charge on any atom is 0.141 e. The van der Waals surface area contributed by atoms with Crippen LogP contribution in [0.2, 0.25) is 5.02 Å². The minimum absolute atomic E-state index is 0.202. The van der Waals surface area contributed by atoms with E-state index in [1.807, 2.05) is 24.3 Å². The van der Waals surface area contributed by atoms with Crippen molar-refractivity contribution in [2.75, 3.05) is 6.54 Å².